The topological polar surface area (TPSA) is 27.1 Å². The molecule has 3 heteroatoms. The Bertz CT molecular complexity index is 309. The van der Waals surface area contributed by atoms with Crippen LogP contribution in [0, 0.1) is 0 Å². The number of nitrogens with zero attached hydrogens (tertiary/aromatic N) is 2. The van der Waals surface area contributed by atoms with Crippen molar-refractivity contribution in [1.29, 1.82) is 0 Å². The minimum Gasteiger partial charge on any atom is -0.375 e. The third kappa shape index (κ3) is 1.48. The fraction of sp³-hybridized carbons (Fsp3) is 0.700. The van der Waals surface area contributed by atoms with Gasteiger partial charge in [0.15, 0.2) is 0 Å². The molecule has 1 aliphatic rings. The van der Waals surface area contributed by atoms with Crippen LogP contribution in [-0.4, -0.2) is 16.2 Å². The molecule has 0 fully saturated rings. The van der Waals surface area contributed by atoms with Gasteiger partial charge in [-0.2, -0.15) is 0 Å². The minimum atomic E-state index is 0.112. The highest BCUT2D eigenvalue weighted by Gasteiger charge is 2.22. The summed E-state index contributed by atoms with van der Waals surface area (Å²) in [6, 6.07) is 0. The second-order valence-electron chi connectivity index (χ2n) is 4.48. The molecule has 0 aromatic carbocycles. The number of imidazole rings is 1. The third-order valence-electron chi connectivity index (χ3n) is 2.40. The standard InChI is InChI=1S/C10H16N2O/c1-10(2,3)12-7-11-8-4-5-13-6-9(8)12/h7H,4-6H2,1-3H3. The zero-order valence-corrected chi connectivity index (χ0v) is 8.50. The maximum atomic E-state index is 5.43. The molecule has 0 radical (unpaired) electrons. The maximum absolute atomic E-state index is 5.43. The molecule has 13 heavy (non-hydrogen) atoms. The first-order valence-corrected chi connectivity index (χ1v) is 4.72. The quantitative estimate of drug-likeness (QED) is 0.607. The Morgan fingerprint density at radius 1 is 1.46 bits per heavy atom. The smallest absolute Gasteiger partial charge is 0.0957 e. The van der Waals surface area contributed by atoms with Crippen LogP contribution in [0.25, 0.3) is 0 Å². The van der Waals surface area contributed by atoms with Crippen LogP contribution < -0.4 is 0 Å². The largest absolute Gasteiger partial charge is 0.375 e. The Morgan fingerprint density at radius 3 is 2.92 bits per heavy atom. The highest BCUT2D eigenvalue weighted by Crippen LogP contribution is 2.22. The van der Waals surface area contributed by atoms with Crippen LogP contribution in [0.1, 0.15) is 32.2 Å². The van der Waals surface area contributed by atoms with E-state index in [1.54, 1.807) is 0 Å². The molecular weight excluding hydrogens is 164 g/mol. The van der Waals surface area contributed by atoms with Crippen molar-refractivity contribution in [2.24, 2.45) is 0 Å². The molecule has 0 spiro atoms. The first kappa shape index (κ1) is 8.75. The lowest BCUT2D eigenvalue weighted by Crippen LogP contribution is -2.25. The van der Waals surface area contributed by atoms with E-state index >= 15 is 0 Å². The molecule has 2 heterocycles. The summed E-state index contributed by atoms with van der Waals surface area (Å²) in [4.78, 5) is 4.41. The summed E-state index contributed by atoms with van der Waals surface area (Å²) in [5.74, 6) is 0. The van der Waals surface area contributed by atoms with Crippen LogP contribution in [-0.2, 0) is 23.3 Å². The summed E-state index contributed by atoms with van der Waals surface area (Å²) in [6.07, 6.45) is 2.89. The van der Waals surface area contributed by atoms with Gasteiger partial charge in [-0.1, -0.05) is 0 Å². The summed E-state index contributed by atoms with van der Waals surface area (Å²) in [5, 5.41) is 0. The fourth-order valence-electron chi connectivity index (χ4n) is 1.69. The van der Waals surface area contributed by atoms with Crippen LogP contribution in [0.5, 0.6) is 0 Å². The first-order chi connectivity index (χ1) is 6.09. The van der Waals surface area contributed by atoms with Gasteiger partial charge in [-0.25, -0.2) is 4.98 Å². The molecule has 0 atom stereocenters. The minimum absolute atomic E-state index is 0.112. The SMILES string of the molecule is CC(C)(C)n1cnc2c1COCC2. The van der Waals surface area contributed by atoms with Crippen molar-refractivity contribution in [3.05, 3.63) is 17.7 Å². The van der Waals surface area contributed by atoms with E-state index in [9.17, 15) is 0 Å². The van der Waals surface area contributed by atoms with Crippen molar-refractivity contribution in [2.75, 3.05) is 6.61 Å². The van der Waals surface area contributed by atoms with Gasteiger partial charge in [0.25, 0.3) is 0 Å². The Balaban J connectivity index is 2.43. The van der Waals surface area contributed by atoms with Crippen molar-refractivity contribution in [3.63, 3.8) is 0 Å². The van der Waals surface area contributed by atoms with E-state index in [-0.39, 0.29) is 5.54 Å². The molecule has 3 nitrogen and oxygen atoms in total. The highest BCUT2D eigenvalue weighted by molar-refractivity contribution is 5.16. The molecular formula is C10H16N2O. The predicted octanol–water partition coefficient (Wildman–Crippen LogP) is 1.71. The number of fused-ring (bicyclic) bond motifs is 1. The van der Waals surface area contributed by atoms with Gasteiger partial charge in [-0.3, -0.25) is 0 Å². The third-order valence-corrected chi connectivity index (χ3v) is 2.40. The van der Waals surface area contributed by atoms with Crippen LogP contribution in [0.3, 0.4) is 0 Å². The van der Waals surface area contributed by atoms with Crippen LogP contribution in [0.2, 0.25) is 0 Å². The molecule has 0 amide bonds. The van der Waals surface area contributed by atoms with Crippen LogP contribution >= 0.6 is 0 Å². The lowest BCUT2D eigenvalue weighted by atomic mass is 10.1. The molecule has 0 unspecified atom stereocenters. The molecule has 1 aliphatic heterocycles. The van der Waals surface area contributed by atoms with E-state index < -0.39 is 0 Å². The number of hydrogen-bond acceptors (Lipinski definition) is 2. The van der Waals surface area contributed by atoms with E-state index in [0.29, 0.717) is 6.61 Å². The number of aromatic nitrogens is 2. The monoisotopic (exact) mass is 180 g/mol. The predicted molar refractivity (Wildman–Crippen MR) is 50.6 cm³/mol. The van der Waals surface area contributed by atoms with E-state index in [0.717, 1.165) is 13.0 Å². The van der Waals surface area contributed by atoms with E-state index in [1.807, 2.05) is 6.33 Å². The van der Waals surface area contributed by atoms with Crippen molar-refractivity contribution in [1.82, 2.24) is 9.55 Å². The van der Waals surface area contributed by atoms with Gasteiger partial charge in [0.1, 0.15) is 0 Å². The van der Waals surface area contributed by atoms with Crippen molar-refractivity contribution < 1.29 is 4.74 Å². The molecule has 1 aromatic rings. The summed E-state index contributed by atoms with van der Waals surface area (Å²) in [5.41, 5.74) is 2.57. The lowest BCUT2D eigenvalue weighted by Gasteiger charge is -2.25. The van der Waals surface area contributed by atoms with E-state index in [4.69, 9.17) is 4.74 Å². The summed E-state index contributed by atoms with van der Waals surface area (Å²) >= 11 is 0. The first-order valence-electron chi connectivity index (χ1n) is 4.72. The molecule has 72 valence electrons. The Labute approximate surface area is 78.7 Å². The number of ether oxygens (including phenoxy) is 1. The van der Waals surface area contributed by atoms with Gasteiger partial charge in [0.2, 0.25) is 0 Å². The molecule has 0 aliphatic carbocycles. The number of hydrogen-bond donors (Lipinski definition) is 0. The van der Waals surface area contributed by atoms with Gasteiger partial charge in [0, 0.05) is 12.0 Å². The molecule has 0 N–H and O–H groups in total. The zero-order valence-electron chi connectivity index (χ0n) is 8.50. The van der Waals surface area contributed by atoms with Crippen molar-refractivity contribution in [2.45, 2.75) is 39.3 Å². The fourth-order valence-corrected chi connectivity index (χ4v) is 1.69. The van der Waals surface area contributed by atoms with E-state index in [1.165, 1.54) is 11.4 Å². The average molecular weight is 180 g/mol. The number of rotatable bonds is 0. The lowest BCUT2D eigenvalue weighted by molar-refractivity contribution is 0.101. The van der Waals surface area contributed by atoms with Gasteiger partial charge >= 0.3 is 0 Å². The molecule has 0 saturated carbocycles. The summed E-state index contributed by atoms with van der Waals surface area (Å²) < 4.78 is 7.64. The molecule has 1 aromatic heterocycles. The average Bonchev–Trinajstić information content (AvgIpc) is 2.45. The second-order valence-corrected chi connectivity index (χ2v) is 4.48. The van der Waals surface area contributed by atoms with Gasteiger partial charge in [0.05, 0.1) is 30.9 Å². The van der Waals surface area contributed by atoms with Crippen LogP contribution in [0.4, 0.5) is 0 Å². The normalized spacial score (nSPS) is 17.2. The van der Waals surface area contributed by atoms with Crippen molar-refractivity contribution >= 4 is 0 Å². The molecule has 2 rings (SSSR count). The summed E-state index contributed by atoms with van der Waals surface area (Å²) in [7, 11) is 0. The van der Waals surface area contributed by atoms with Gasteiger partial charge < -0.3 is 9.30 Å². The second kappa shape index (κ2) is 2.84. The Hall–Kier alpha value is -0.830. The van der Waals surface area contributed by atoms with Gasteiger partial charge in [-0.05, 0) is 20.8 Å². The van der Waals surface area contributed by atoms with Gasteiger partial charge in [-0.15, -0.1) is 0 Å². The summed E-state index contributed by atoms with van der Waals surface area (Å²) in [6.45, 7) is 8.08. The Kier molecular flexibility index (Phi) is 1.91. The van der Waals surface area contributed by atoms with Crippen molar-refractivity contribution in [3.8, 4) is 0 Å². The zero-order chi connectivity index (χ0) is 9.47. The van der Waals surface area contributed by atoms with E-state index in [2.05, 4.69) is 30.3 Å². The molecule has 0 bridgehead atoms. The molecule has 0 saturated heterocycles. The maximum Gasteiger partial charge on any atom is 0.0957 e. The Morgan fingerprint density at radius 2 is 2.23 bits per heavy atom. The van der Waals surface area contributed by atoms with Crippen LogP contribution in [0.15, 0.2) is 6.33 Å². The highest BCUT2D eigenvalue weighted by atomic mass is 16.5.